The van der Waals surface area contributed by atoms with E-state index in [-0.39, 0.29) is 5.69 Å². The van der Waals surface area contributed by atoms with E-state index in [9.17, 15) is 14.9 Å². The highest BCUT2D eigenvalue weighted by atomic mass is 16.6. The van der Waals surface area contributed by atoms with Crippen LogP contribution in [0.2, 0.25) is 0 Å². The summed E-state index contributed by atoms with van der Waals surface area (Å²) in [5, 5.41) is 10.7. The van der Waals surface area contributed by atoms with Crippen LogP contribution >= 0.6 is 0 Å². The van der Waals surface area contributed by atoms with Gasteiger partial charge in [-0.25, -0.2) is 9.78 Å². The van der Waals surface area contributed by atoms with Gasteiger partial charge in [0.15, 0.2) is 5.58 Å². The van der Waals surface area contributed by atoms with E-state index >= 15 is 0 Å². The number of pyridine rings is 1. The minimum Gasteiger partial charge on any atom is -0.435 e. The quantitative estimate of drug-likeness (QED) is 0.164. The lowest BCUT2D eigenvalue weighted by Gasteiger charge is -2.00. The molecule has 0 aliphatic rings. The molecule has 2 aromatic carbocycles. The number of ether oxygens (including phenoxy) is 1. The van der Waals surface area contributed by atoms with Crippen molar-refractivity contribution in [1.82, 2.24) is 9.97 Å². The molecule has 142 valence electrons. The Balaban J connectivity index is 1.47. The molecule has 0 aliphatic heterocycles. The summed E-state index contributed by atoms with van der Waals surface area (Å²) < 4.78 is 11.0. The Labute approximate surface area is 164 Å². The van der Waals surface area contributed by atoms with Crippen molar-refractivity contribution < 1.29 is 18.9 Å². The lowest BCUT2D eigenvalue weighted by atomic mass is 10.2. The molecule has 0 saturated carbocycles. The molecule has 0 unspecified atom stereocenters. The van der Waals surface area contributed by atoms with E-state index in [0.29, 0.717) is 34.0 Å². The topological polar surface area (TPSA) is 108 Å². The van der Waals surface area contributed by atoms with Crippen LogP contribution in [-0.4, -0.2) is 20.9 Å². The monoisotopic (exact) mass is 387 g/mol. The third-order valence-electron chi connectivity index (χ3n) is 3.98. The fourth-order valence-electron chi connectivity index (χ4n) is 2.59. The Morgan fingerprint density at radius 1 is 1.10 bits per heavy atom. The standard InChI is InChI=1S/C21H13N3O5/c25-20(11-6-14-4-7-15(8-5-14)24(26)27)28-16-9-10-17-19(13-16)29-21(23-17)18-3-1-2-12-22-18/h1-13H/b11-6+. The molecule has 2 aromatic heterocycles. The Kier molecular flexibility index (Phi) is 4.81. The van der Waals surface area contributed by atoms with Gasteiger partial charge in [0, 0.05) is 30.5 Å². The predicted molar refractivity (Wildman–Crippen MR) is 105 cm³/mol. The molecule has 0 aliphatic carbocycles. The summed E-state index contributed by atoms with van der Waals surface area (Å²) in [4.78, 5) is 30.8. The SMILES string of the molecule is O=C(/C=C/c1ccc([N+](=O)[O-])cc1)Oc1ccc2nc(-c3ccccn3)oc2c1. The van der Waals surface area contributed by atoms with Crippen LogP contribution in [0.3, 0.4) is 0 Å². The first-order chi connectivity index (χ1) is 14.1. The molecule has 8 heteroatoms. The highest BCUT2D eigenvalue weighted by Crippen LogP contribution is 2.26. The van der Waals surface area contributed by atoms with Gasteiger partial charge in [-0.15, -0.1) is 0 Å². The van der Waals surface area contributed by atoms with Crippen LogP contribution in [0, 0.1) is 10.1 Å². The minimum atomic E-state index is -0.591. The number of nitro groups is 1. The van der Waals surface area contributed by atoms with E-state index < -0.39 is 10.9 Å². The summed E-state index contributed by atoms with van der Waals surface area (Å²) >= 11 is 0. The van der Waals surface area contributed by atoms with Crippen LogP contribution in [-0.2, 0) is 4.79 Å². The van der Waals surface area contributed by atoms with E-state index in [1.165, 1.54) is 24.3 Å². The van der Waals surface area contributed by atoms with Crippen molar-refractivity contribution in [2.24, 2.45) is 0 Å². The van der Waals surface area contributed by atoms with E-state index in [0.717, 1.165) is 0 Å². The van der Waals surface area contributed by atoms with Crippen molar-refractivity contribution in [3.8, 4) is 17.3 Å². The van der Waals surface area contributed by atoms with Crippen LogP contribution in [0.4, 0.5) is 5.69 Å². The number of rotatable bonds is 5. The zero-order valence-corrected chi connectivity index (χ0v) is 14.9. The maximum absolute atomic E-state index is 12.1. The number of carbonyl (C=O) groups is 1. The summed E-state index contributed by atoms with van der Waals surface area (Å²) in [7, 11) is 0. The van der Waals surface area contributed by atoms with Crippen LogP contribution in [0.15, 0.2) is 77.4 Å². The number of oxazole rings is 1. The van der Waals surface area contributed by atoms with Crippen molar-refractivity contribution in [1.29, 1.82) is 0 Å². The number of hydrogen-bond donors (Lipinski definition) is 0. The lowest BCUT2D eigenvalue weighted by molar-refractivity contribution is -0.384. The fourth-order valence-corrected chi connectivity index (χ4v) is 2.59. The van der Waals surface area contributed by atoms with Crippen LogP contribution in [0.5, 0.6) is 5.75 Å². The molecule has 29 heavy (non-hydrogen) atoms. The van der Waals surface area contributed by atoms with Crippen LogP contribution in [0.1, 0.15) is 5.56 Å². The van der Waals surface area contributed by atoms with Crippen LogP contribution < -0.4 is 4.74 Å². The van der Waals surface area contributed by atoms with Crippen molar-refractivity contribution in [3.05, 3.63) is 88.6 Å². The molecule has 0 bridgehead atoms. The maximum atomic E-state index is 12.1. The number of nitro benzene ring substituents is 1. The number of aromatic nitrogens is 2. The molecule has 2 heterocycles. The zero-order valence-electron chi connectivity index (χ0n) is 14.9. The summed E-state index contributed by atoms with van der Waals surface area (Å²) in [6.45, 7) is 0. The lowest BCUT2D eigenvalue weighted by Crippen LogP contribution is -2.03. The van der Waals surface area contributed by atoms with Crippen molar-refractivity contribution in [2.75, 3.05) is 0 Å². The number of esters is 1. The second kappa shape index (κ2) is 7.73. The molecule has 0 N–H and O–H groups in total. The molecule has 0 amide bonds. The normalized spacial score (nSPS) is 11.0. The van der Waals surface area contributed by atoms with Gasteiger partial charge in [0.2, 0.25) is 5.89 Å². The average molecular weight is 387 g/mol. The van der Waals surface area contributed by atoms with Gasteiger partial charge in [0.1, 0.15) is 17.0 Å². The molecule has 0 radical (unpaired) electrons. The van der Waals surface area contributed by atoms with Crippen molar-refractivity contribution in [3.63, 3.8) is 0 Å². The molecular formula is C21H13N3O5. The van der Waals surface area contributed by atoms with E-state index in [1.54, 1.807) is 48.7 Å². The maximum Gasteiger partial charge on any atom is 0.336 e. The number of hydrogen-bond acceptors (Lipinski definition) is 7. The summed E-state index contributed by atoms with van der Waals surface area (Å²) in [5.41, 5.74) is 2.31. The Morgan fingerprint density at radius 2 is 1.93 bits per heavy atom. The number of nitrogens with zero attached hydrogens (tertiary/aromatic N) is 3. The summed E-state index contributed by atoms with van der Waals surface area (Å²) in [5.74, 6) is 0.0916. The van der Waals surface area contributed by atoms with Crippen molar-refractivity contribution >= 4 is 28.8 Å². The Bertz CT molecular complexity index is 1210. The molecule has 0 saturated heterocycles. The third kappa shape index (κ3) is 4.16. The first-order valence-electron chi connectivity index (χ1n) is 8.55. The van der Waals surface area contributed by atoms with Gasteiger partial charge in [0.05, 0.1) is 4.92 Å². The highest BCUT2D eigenvalue weighted by molar-refractivity contribution is 5.89. The van der Waals surface area contributed by atoms with Gasteiger partial charge in [-0.3, -0.25) is 15.1 Å². The molecule has 4 aromatic rings. The molecule has 0 spiro atoms. The van der Waals surface area contributed by atoms with Gasteiger partial charge < -0.3 is 9.15 Å². The second-order valence-corrected chi connectivity index (χ2v) is 5.97. The number of carbonyl (C=O) groups excluding carboxylic acids is 1. The Morgan fingerprint density at radius 3 is 2.66 bits per heavy atom. The van der Waals surface area contributed by atoms with Gasteiger partial charge in [-0.1, -0.05) is 6.07 Å². The van der Waals surface area contributed by atoms with E-state index in [2.05, 4.69) is 9.97 Å². The smallest absolute Gasteiger partial charge is 0.336 e. The van der Waals surface area contributed by atoms with Gasteiger partial charge in [-0.2, -0.15) is 0 Å². The van der Waals surface area contributed by atoms with E-state index in [4.69, 9.17) is 9.15 Å². The highest BCUT2D eigenvalue weighted by Gasteiger charge is 2.11. The third-order valence-corrected chi connectivity index (χ3v) is 3.98. The first-order valence-corrected chi connectivity index (χ1v) is 8.55. The van der Waals surface area contributed by atoms with Gasteiger partial charge in [0.25, 0.3) is 5.69 Å². The average Bonchev–Trinajstić information content (AvgIpc) is 3.17. The summed E-state index contributed by atoms with van der Waals surface area (Å²) in [6, 6.07) is 16.1. The zero-order chi connectivity index (χ0) is 20.2. The summed E-state index contributed by atoms with van der Waals surface area (Å²) in [6.07, 6.45) is 4.40. The van der Waals surface area contributed by atoms with Gasteiger partial charge >= 0.3 is 5.97 Å². The molecule has 0 atom stereocenters. The number of fused-ring (bicyclic) bond motifs is 1. The molecule has 0 fully saturated rings. The molecule has 8 nitrogen and oxygen atoms in total. The minimum absolute atomic E-state index is 0.0184. The Hall–Kier alpha value is -4.33. The first kappa shape index (κ1) is 18.1. The van der Waals surface area contributed by atoms with Crippen LogP contribution in [0.25, 0.3) is 28.8 Å². The largest absolute Gasteiger partial charge is 0.435 e. The molecular weight excluding hydrogens is 374 g/mol. The fraction of sp³-hybridized carbons (Fsp3) is 0. The van der Waals surface area contributed by atoms with Crippen molar-refractivity contribution in [2.45, 2.75) is 0 Å². The second-order valence-electron chi connectivity index (χ2n) is 5.97. The number of non-ortho nitro benzene ring substituents is 1. The number of benzene rings is 2. The molecule has 4 rings (SSSR count). The predicted octanol–water partition coefficient (Wildman–Crippen LogP) is 4.42. The van der Waals surface area contributed by atoms with Gasteiger partial charge in [-0.05, 0) is 48.0 Å². The van der Waals surface area contributed by atoms with E-state index in [1.807, 2.05) is 6.07 Å².